The second kappa shape index (κ2) is 7.01. The van der Waals surface area contributed by atoms with Gasteiger partial charge in [-0.05, 0) is 39.4 Å². The molecule has 1 saturated carbocycles. The molecule has 1 aliphatic carbocycles. The highest BCUT2D eigenvalue weighted by Crippen LogP contribution is 2.28. The van der Waals surface area contributed by atoms with Gasteiger partial charge in [0.15, 0.2) is 0 Å². The topological polar surface area (TPSA) is 62.4 Å². The molecule has 1 fully saturated rings. The van der Waals surface area contributed by atoms with E-state index in [0.29, 0.717) is 12.1 Å². The number of hydrogen-bond donors (Lipinski definition) is 3. The lowest BCUT2D eigenvalue weighted by molar-refractivity contribution is 0.450. The maximum Gasteiger partial charge on any atom is 0.206 e. The van der Waals surface area contributed by atoms with Crippen LogP contribution in [0.4, 0.5) is 0 Å². The Kier molecular flexibility index (Phi) is 5.98. The summed E-state index contributed by atoms with van der Waals surface area (Å²) < 4.78 is 0. The molecule has 0 aromatic carbocycles. The molecule has 0 aromatic heterocycles. The van der Waals surface area contributed by atoms with Crippen LogP contribution >= 0.6 is 11.8 Å². The lowest BCUT2D eigenvalue weighted by atomic mass is 9.95. The maximum absolute atomic E-state index is 5.46. The Balaban J connectivity index is 2.51. The van der Waals surface area contributed by atoms with Gasteiger partial charge in [0.05, 0.1) is 6.04 Å². The fraction of sp³-hybridized carbons (Fsp3) is 0.909. The van der Waals surface area contributed by atoms with Gasteiger partial charge in [0.25, 0.3) is 0 Å². The third-order valence-electron chi connectivity index (χ3n) is 2.81. The molecule has 4 N–H and O–H groups in total. The van der Waals surface area contributed by atoms with E-state index in [9.17, 15) is 0 Å². The van der Waals surface area contributed by atoms with Crippen LogP contribution < -0.4 is 16.6 Å². The summed E-state index contributed by atoms with van der Waals surface area (Å²) in [6, 6.07) is 0.776. The van der Waals surface area contributed by atoms with Gasteiger partial charge in [0.1, 0.15) is 0 Å². The minimum atomic E-state index is 0.356. The van der Waals surface area contributed by atoms with E-state index in [4.69, 9.17) is 5.84 Å². The van der Waals surface area contributed by atoms with Crippen LogP contribution in [-0.4, -0.2) is 29.5 Å². The molecular formula is C11H24N4S. The first kappa shape index (κ1) is 13.6. The SMILES string of the molecule is CSC1CCCC(N=C(NN)NC(C)C)C1. The Morgan fingerprint density at radius 2 is 2.19 bits per heavy atom. The van der Waals surface area contributed by atoms with Gasteiger partial charge in [0, 0.05) is 11.3 Å². The summed E-state index contributed by atoms with van der Waals surface area (Å²) in [5.41, 5.74) is 2.65. The highest BCUT2D eigenvalue weighted by Gasteiger charge is 2.21. The van der Waals surface area contributed by atoms with Crippen molar-refractivity contribution in [3.05, 3.63) is 0 Å². The monoisotopic (exact) mass is 244 g/mol. The van der Waals surface area contributed by atoms with Crippen molar-refractivity contribution in [2.24, 2.45) is 10.8 Å². The molecule has 94 valence electrons. The molecule has 16 heavy (non-hydrogen) atoms. The molecule has 0 amide bonds. The summed E-state index contributed by atoms with van der Waals surface area (Å²) >= 11 is 1.96. The summed E-state index contributed by atoms with van der Waals surface area (Å²) in [5.74, 6) is 6.18. The molecule has 1 rings (SSSR count). The smallest absolute Gasteiger partial charge is 0.206 e. The quantitative estimate of drug-likeness (QED) is 0.304. The van der Waals surface area contributed by atoms with Gasteiger partial charge in [0.2, 0.25) is 5.96 Å². The molecule has 0 spiro atoms. The minimum absolute atomic E-state index is 0.356. The molecule has 1 aliphatic rings. The van der Waals surface area contributed by atoms with Crippen LogP contribution in [0.2, 0.25) is 0 Å². The van der Waals surface area contributed by atoms with Crippen molar-refractivity contribution < 1.29 is 0 Å². The summed E-state index contributed by atoms with van der Waals surface area (Å²) in [7, 11) is 0. The van der Waals surface area contributed by atoms with Crippen LogP contribution in [0.25, 0.3) is 0 Å². The number of aliphatic imine (C=N–C) groups is 1. The third-order valence-corrected chi connectivity index (χ3v) is 3.90. The van der Waals surface area contributed by atoms with Crippen LogP contribution in [0.1, 0.15) is 39.5 Å². The van der Waals surface area contributed by atoms with Crippen LogP contribution in [0.3, 0.4) is 0 Å². The Hall–Kier alpha value is -0.420. The number of hydrogen-bond acceptors (Lipinski definition) is 3. The number of guanidine groups is 1. The van der Waals surface area contributed by atoms with Crippen LogP contribution in [-0.2, 0) is 0 Å². The Morgan fingerprint density at radius 3 is 2.75 bits per heavy atom. The predicted molar refractivity (Wildman–Crippen MR) is 72.6 cm³/mol. The van der Waals surface area contributed by atoms with E-state index in [0.717, 1.165) is 11.2 Å². The zero-order chi connectivity index (χ0) is 12.0. The van der Waals surface area contributed by atoms with Crippen molar-refractivity contribution in [2.75, 3.05) is 6.26 Å². The summed E-state index contributed by atoms with van der Waals surface area (Å²) in [4.78, 5) is 4.65. The van der Waals surface area contributed by atoms with E-state index < -0.39 is 0 Å². The molecule has 5 heteroatoms. The highest BCUT2D eigenvalue weighted by molar-refractivity contribution is 7.99. The summed E-state index contributed by atoms with van der Waals surface area (Å²) in [6.07, 6.45) is 7.15. The van der Waals surface area contributed by atoms with Gasteiger partial charge >= 0.3 is 0 Å². The largest absolute Gasteiger partial charge is 0.353 e. The van der Waals surface area contributed by atoms with Gasteiger partial charge in [-0.1, -0.05) is 6.42 Å². The molecule has 0 heterocycles. The van der Waals surface area contributed by atoms with Crippen molar-refractivity contribution in [3.8, 4) is 0 Å². The molecule has 0 radical (unpaired) electrons. The van der Waals surface area contributed by atoms with E-state index in [-0.39, 0.29) is 0 Å². The number of thioether (sulfide) groups is 1. The van der Waals surface area contributed by atoms with Gasteiger partial charge in [-0.25, -0.2) is 10.8 Å². The van der Waals surface area contributed by atoms with E-state index in [2.05, 4.69) is 35.8 Å². The van der Waals surface area contributed by atoms with Crippen molar-refractivity contribution in [2.45, 2.75) is 56.9 Å². The minimum Gasteiger partial charge on any atom is -0.353 e. The highest BCUT2D eigenvalue weighted by atomic mass is 32.2. The van der Waals surface area contributed by atoms with E-state index in [1.165, 1.54) is 25.7 Å². The first-order chi connectivity index (χ1) is 7.65. The Labute approximate surface area is 103 Å². The van der Waals surface area contributed by atoms with E-state index in [1.54, 1.807) is 0 Å². The van der Waals surface area contributed by atoms with Gasteiger partial charge in [-0.3, -0.25) is 5.43 Å². The fourth-order valence-electron chi connectivity index (χ4n) is 2.02. The summed E-state index contributed by atoms with van der Waals surface area (Å²) in [6.45, 7) is 4.16. The standard InChI is InChI=1S/C11H24N4S/c1-8(2)13-11(15-12)14-9-5-4-6-10(7-9)16-3/h8-10H,4-7,12H2,1-3H3,(H2,13,14,15). The second-order valence-corrected chi connectivity index (χ2v) is 5.74. The van der Waals surface area contributed by atoms with Gasteiger partial charge < -0.3 is 5.32 Å². The van der Waals surface area contributed by atoms with Crippen LogP contribution in [0.5, 0.6) is 0 Å². The van der Waals surface area contributed by atoms with Crippen molar-refractivity contribution in [1.29, 1.82) is 0 Å². The van der Waals surface area contributed by atoms with Crippen molar-refractivity contribution >= 4 is 17.7 Å². The molecule has 2 atom stereocenters. The molecule has 0 bridgehead atoms. The number of nitrogens with two attached hydrogens (primary N) is 1. The van der Waals surface area contributed by atoms with Gasteiger partial charge in [-0.15, -0.1) is 0 Å². The van der Waals surface area contributed by atoms with Crippen LogP contribution in [0.15, 0.2) is 4.99 Å². The number of nitrogens with one attached hydrogen (secondary N) is 2. The first-order valence-corrected chi connectivity index (χ1v) is 7.28. The molecule has 2 unspecified atom stereocenters. The second-order valence-electron chi connectivity index (χ2n) is 4.60. The lowest BCUT2D eigenvalue weighted by Crippen LogP contribution is -2.45. The van der Waals surface area contributed by atoms with Gasteiger partial charge in [-0.2, -0.15) is 11.8 Å². The molecule has 4 nitrogen and oxygen atoms in total. The van der Waals surface area contributed by atoms with E-state index in [1.807, 2.05) is 11.8 Å². The summed E-state index contributed by atoms with van der Waals surface area (Å²) in [5, 5.41) is 3.98. The average Bonchev–Trinajstić information content (AvgIpc) is 2.28. The normalized spacial score (nSPS) is 26.9. The van der Waals surface area contributed by atoms with Crippen molar-refractivity contribution in [1.82, 2.24) is 10.7 Å². The number of rotatable bonds is 3. The van der Waals surface area contributed by atoms with Crippen molar-refractivity contribution in [3.63, 3.8) is 0 Å². The number of hydrazine groups is 1. The molecule has 0 aliphatic heterocycles. The molecular weight excluding hydrogens is 220 g/mol. The first-order valence-electron chi connectivity index (χ1n) is 5.99. The number of nitrogens with zero attached hydrogens (tertiary/aromatic N) is 1. The van der Waals surface area contributed by atoms with E-state index >= 15 is 0 Å². The predicted octanol–water partition coefficient (Wildman–Crippen LogP) is 1.48. The third kappa shape index (κ3) is 4.61. The Bertz CT molecular complexity index is 230. The molecule has 0 saturated heterocycles. The maximum atomic E-state index is 5.46. The van der Waals surface area contributed by atoms with Crippen LogP contribution in [0, 0.1) is 0 Å². The lowest BCUT2D eigenvalue weighted by Gasteiger charge is -2.26. The fourth-order valence-corrected chi connectivity index (χ4v) is 2.84. The zero-order valence-electron chi connectivity index (χ0n) is 10.5. The Morgan fingerprint density at radius 1 is 1.44 bits per heavy atom. The zero-order valence-corrected chi connectivity index (χ0v) is 11.3. The molecule has 0 aromatic rings. The average molecular weight is 244 g/mol.